The zero-order chi connectivity index (χ0) is 13.0. The molecule has 0 bridgehead atoms. The van der Waals surface area contributed by atoms with Gasteiger partial charge in [0.2, 0.25) is 0 Å². The van der Waals surface area contributed by atoms with Crippen molar-refractivity contribution in [2.24, 2.45) is 5.84 Å². The maximum Gasteiger partial charge on any atom is 0.0865 e. The fourth-order valence-corrected chi connectivity index (χ4v) is 1.78. The number of hydrazine groups is 1. The summed E-state index contributed by atoms with van der Waals surface area (Å²) in [6.07, 6.45) is 0.182. The molecule has 1 aromatic heterocycles. The lowest BCUT2D eigenvalue weighted by Gasteiger charge is -2.17. The van der Waals surface area contributed by atoms with Crippen molar-refractivity contribution in [2.45, 2.75) is 26.0 Å². The molecule has 96 valence electrons. The topological polar surface area (TPSA) is 60.2 Å². The van der Waals surface area contributed by atoms with Gasteiger partial charge in [-0.2, -0.15) is 0 Å². The van der Waals surface area contributed by atoms with Crippen molar-refractivity contribution in [3.8, 4) is 0 Å². The molecule has 1 heterocycles. The first-order valence-corrected chi connectivity index (χ1v) is 6.14. The van der Waals surface area contributed by atoms with Gasteiger partial charge in [0.15, 0.2) is 0 Å². The Kier molecular flexibility index (Phi) is 4.25. The number of ether oxygens (including phenoxy) is 1. The quantitative estimate of drug-likeness (QED) is 0.626. The smallest absolute Gasteiger partial charge is 0.0865 e. The molecule has 4 heteroatoms. The average Bonchev–Trinajstić information content (AvgIpc) is 2.39. The van der Waals surface area contributed by atoms with Gasteiger partial charge < -0.3 is 4.74 Å². The third-order valence-corrected chi connectivity index (χ3v) is 2.77. The van der Waals surface area contributed by atoms with Gasteiger partial charge in [-0.05, 0) is 26.0 Å². The molecular weight excluding hydrogens is 226 g/mol. The van der Waals surface area contributed by atoms with Gasteiger partial charge in [0, 0.05) is 5.39 Å². The van der Waals surface area contributed by atoms with Crippen LogP contribution < -0.4 is 11.3 Å². The van der Waals surface area contributed by atoms with Crippen LogP contribution in [0.2, 0.25) is 0 Å². The summed E-state index contributed by atoms with van der Waals surface area (Å²) in [5.41, 5.74) is 4.62. The minimum Gasteiger partial charge on any atom is -0.377 e. The van der Waals surface area contributed by atoms with E-state index in [9.17, 15) is 0 Å². The average molecular weight is 245 g/mol. The van der Waals surface area contributed by atoms with E-state index in [0.717, 1.165) is 16.6 Å². The van der Waals surface area contributed by atoms with E-state index in [1.807, 2.05) is 44.2 Å². The van der Waals surface area contributed by atoms with Gasteiger partial charge in [-0.15, -0.1) is 0 Å². The molecular formula is C14H19N3O. The number of fused-ring (bicyclic) bond motifs is 1. The van der Waals surface area contributed by atoms with E-state index < -0.39 is 0 Å². The molecule has 1 atom stereocenters. The first-order chi connectivity index (χ1) is 8.70. The van der Waals surface area contributed by atoms with Gasteiger partial charge in [-0.1, -0.05) is 24.3 Å². The Morgan fingerprint density at radius 3 is 2.72 bits per heavy atom. The number of benzene rings is 1. The third-order valence-electron chi connectivity index (χ3n) is 2.77. The molecule has 0 saturated heterocycles. The van der Waals surface area contributed by atoms with Crippen LogP contribution in [0.3, 0.4) is 0 Å². The highest BCUT2D eigenvalue weighted by Gasteiger charge is 2.12. The van der Waals surface area contributed by atoms with Crippen LogP contribution in [0.4, 0.5) is 0 Å². The molecule has 0 amide bonds. The van der Waals surface area contributed by atoms with Crippen molar-refractivity contribution in [2.75, 3.05) is 6.61 Å². The predicted octanol–water partition coefficient (Wildman–Crippen LogP) is 2.16. The van der Waals surface area contributed by atoms with Crippen LogP contribution in [-0.4, -0.2) is 17.7 Å². The van der Waals surface area contributed by atoms with Crippen molar-refractivity contribution in [1.82, 2.24) is 10.4 Å². The number of nitrogens with two attached hydrogens (primary N) is 1. The van der Waals surface area contributed by atoms with Gasteiger partial charge in [0.25, 0.3) is 0 Å². The van der Waals surface area contributed by atoms with Gasteiger partial charge in [0.05, 0.1) is 30.0 Å². The Morgan fingerprint density at radius 1 is 1.22 bits per heavy atom. The standard InChI is InChI=1S/C14H19N3O/c1-10(2)18-9-14(17-15)13-8-7-11-5-3-4-6-12(11)16-13/h3-8,10,14,17H,9,15H2,1-2H3. The van der Waals surface area contributed by atoms with E-state index in [1.165, 1.54) is 0 Å². The molecule has 0 radical (unpaired) electrons. The Bertz CT molecular complexity index is 513. The van der Waals surface area contributed by atoms with Crippen LogP contribution in [0.1, 0.15) is 25.6 Å². The Labute approximate surface area is 107 Å². The van der Waals surface area contributed by atoms with Crippen molar-refractivity contribution in [3.05, 3.63) is 42.1 Å². The van der Waals surface area contributed by atoms with E-state index >= 15 is 0 Å². The van der Waals surface area contributed by atoms with Crippen molar-refractivity contribution >= 4 is 10.9 Å². The molecule has 1 aromatic carbocycles. The zero-order valence-corrected chi connectivity index (χ0v) is 10.8. The molecule has 2 aromatic rings. The molecule has 0 aliphatic heterocycles. The molecule has 0 aliphatic rings. The van der Waals surface area contributed by atoms with Gasteiger partial charge in [-0.3, -0.25) is 10.8 Å². The van der Waals surface area contributed by atoms with Crippen molar-refractivity contribution < 1.29 is 4.74 Å². The lowest BCUT2D eigenvalue weighted by molar-refractivity contribution is 0.0604. The Balaban J connectivity index is 2.22. The molecule has 2 rings (SSSR count). The molecule has 0 saturated carbocycles. The number of rotatable bonds is 5. The van der Waals surface area contributed by atoms with E-state index in [2.05, 4.69) is 16.5 Å². The second-order valence-electron chi connectivity index (χ2n) is 4.53. The van der Waals surface area contributed by atoms with Crippen molar-refractivity contribution in [1.29, 1.82) is 0 Å². The van der Waals surface area contributed by atoms with Gasteiger partial charge >= 0.3 is 0 Å². The number of nitrogens with one attached hydrogen (secondary N) is 1. The summed E-state index contributed by atoms with van der Waals surface area (Å²) in [7, 11) is 0. The van der Waals surface area contributed by atoms with E-state index in [0.29, 0.717) is 6.61 Å². The number of aromatic nitrogens is 1. The summed E-state index contributed by atoms with van der Waals surface area (Å²) >= 11 is 0. The summed E-state index contributed by atoms with van der Waals surface area (Å²) in [4.78, 5) is 4.60. The third kappa shape index (κ3) is 3.04. The number of para-hydroxylation sites is 1. The van der Waals surface area contributed by atoms with E-state index in [-0.39, 0.29) is 12.1 Å². The SMILES string of the molecule is CC(C)OCC(NN)c1ccc2ccccc2n1. The minimum atomic E-state index is -0.0861. The largest absolute Gasteiger partial charge is 0.377 e. The fourth-order valence-electron chi connectivity index (χ4n) is 1.78. The van der Waals surface area contributed by atoms with Gasteiger partial charge in [-0.25, -0.2) is 5.43 Å². The Morgan fingerprint density at radius 2 is 2.00 bits per heavy atom. The second-order valence-corrected chi connectivity index (χ2v) is 4.53. The van der Waals surface area contributed by atoms with Crippen LogP contribution in [-0.2, 0) is 4.74 Å². The molecule has 0 fully saturated rings. The van der Waals surface area contributed by atoms with Crippen LogP contribution in [0.15, 0.2) is 36.4 Å². The molecule has 3 N–H and O–H groups in total. The molecule has 18 heavy (non-hydrogen) atoms. The lowest BCUT2D eigenvalue weighted by Crippen LogP contribution is -2.32. The predicted molar refractivity (Wildman–Crippen MR) is 72.9 cm³/mol. The molecule has 0 aliphatic carbocycles. The lowest BCUT2D eigenvalue weighted by atomic mass is 10.1. The van der Waals surface area contributed by atoms with Gasteiger partial charge in [0.1, 0.15) is 0 Å². The fraction of sp³-hybridized carbons (Fsp3) is 0.357. The van der Waals surface area contributed by atoms with Crippen LogP contribution >= 0.6 is 0 Å². The zero-order valence-electron chi connectivity index (χ0n) is 10.8. The molecule has 4 nitrogen and oxygen atoms in total. The Hall–Kier alpha value is -1.49. The van der Waals surface area contributed by atoms with E-state index in [4.69, 9.17) is 10.6 Å². The summed E-state index contributed by atoms with van der Waals surface area (Å²) in [6, 6.07) is 12.0. The number of pyridine rings is 1. The van der Waals surface area contributed by atoms with Crippen molar-refractivity contribution in [3.63, 3.8) is 0 Å². The summed E-state index contributed by atoms with van der Waals surface area (Å²) in [5.74, 6) is 5.57. The highest BCUT2D eigenvalue weighted by molar-refractivity contribution is 5.78. The van der Waals surface area contributed by atoms with Crippen LogP contribution in [0.5, 0.6) is 0 Å². The summed E-state index contributed by atoms with van der Waals surface area (Å²) < 4.78 is 5.58. The second kappa shape index (κ2) is 5.91. The maximum absolute atomic E-state index is 5.58. The monoisotopic (exact) mass is 245 g/mol. The summed E-state index contributed by atoms with van der Waals surface area (Å²) in [5, 5.41) is 1.13. The summed E-state index contributed by atoms with van der Waals surface area (Å²) in [6.45, 7) is 4.52. The normalized spacial score (nSPS) is 13.1. The molecule has 0 spiro atoms. The van der Waals surface area contributed by atoms with Crippen LogP contribution in [0.25, 0.3) is 10.9 Å². The maximum atomic E-state index is 5.58. The molecule has 1 unspecified atom stereocenters. The van der Waals surface area contributed by atoms with E-state index in [1.54, 1.807) is 0 Å². The number of hydrogen-bond donors (Lipinski definition) is 2. The number of nitrogens with zero attached hydrogens (tertiary/aromatic N) is 1. The highest BCUT2D eigenvalue weighted by Crippen LogP contribution is 2.16. The van der Waals surface area contributed by atoms with Crippen LogP contribution in [0, 0.1) is 0 Å². The highest BCUT2D eigenvalue weighted by atomic mass is 16.5. The number of hydrogen-bond acceptors (Lipinski definition) is 4. The first-order valence-electron chi connectivity index (χ1n) is 6.14. The minimum absolute atomic E-state index is 0.0861. The first kappa shape index (κ1) is 13.0.